The highest BCUT2D eigenvalue weighted by molar-refractivity contribution is 7.89. The number of carbonyl (C=O) groups is 1. The summed E-state index contributed by atoms with van der Waals surface area (Å²) < 4.78 is 30.5. The van der Waals surface area contributed by atoms with Gasteiger partial charge >= 0.3 is 5.97 Å². The smallest absolute Gasteiger partial charge is 0.340 e. The van der Waals surface area contributed by atoms with Crippen molar-refractivity contribution in [2.45, 2.75) is 11.5 Å². The van der Waals surface area contributed by atoms with Gasteiger partial charge in [0.1, 0.15) is 6.61 Å². The normalized spacial score (nSPS) is 11.5. The Hall–Kier alpha value is -1.60. The van der Waals surface area contributed by atoms with Gasteiger partial charge in [-0.05, 0) is 35.9 Å². The van der Waals surface area contributed by atoms with Gasteiger partial charge in [-0.3, -0.25) is 0 Å². The quantitative estimate of drug-likeness (QED) is 0.735. The second-order valence-corrected chi connectivity index (χ2v) is 8.13. The molecule has 0 fully saturated rings. The molecule has 0 radical (unpaired) electrons. The summed E-state index contributed by atoms with van der Waals surface area (Å²) in [6.07, 6.45) is 0. The molecule has 5 nitrogen and oxygen atoms in total. The molecule has 0 N–H and O–H groups in total. The second kappa shape index (κ2) is 7.53. The summed E-state index contributed by atoms with van der Waals surface area (Å²) >= 11 is 11.8. The van der Waals surface area contributed by atoms with Crippen LogP contribution in [0.25, 0.3) is 0 Å². The molecule has 0 amide bonds. The van der Waals surface area contributed by atoms with Crippen molar-refractivity contribution in [3.63, 3.8) is 0 Å². The van der Waals surface area contributed by atoms with Crippen molar-refractivity contribution in [3.05, 3.63) is 63.6 Å². The molecular weight excluding hydrogens is 373 g/mol. The van der Waals surface area contributed by atoms with Gasteiger partial charge in [-0.2, -0.15) is 0 Å². The summed E-state index contributed by atoms with van der Waals surface area (Å²) in [5.74, 6) is -0.636. The summed E-state index contributed by atoms with van der Waals surface area (Å²) in [7, 11) is -0.653. The number of esters is 1. The minimum Gasteiger partial charge on any atom is -0.457 e. The summed E-state index contributed by atoms with van der Waals surface area (Å²) in [5, 5.41) is 0.596. The van der Waals surface area contributed by atoms with Gasteiger partial charge in [0.2, 0.25) is 10.0 Å². The molecule has 2 aromatic carbocycles. The minimum absolute atomic E-state index is 0.0849. The first kappa shape index (κ1) is 18.7. The Labute approximate surface area is 150 Å². The zero-order valence-corrected chi connectivity index (χ0v) is 15.3. The highest BCUT2D eigenvalue weighted by atomic mass is 35.5. The van der Waals surface area contributed by atoms with Crippen LogP contribution in [0.2, 0.25) is 10.0 Å². The SMILES string of the molecule is CN(C)S(=O)(=O)c1cccc(COC(=O)c2cc(Cl)ccc2Cl)c1. The number of nitrogens with zero attached hydrogens (tertiary/aromatic N) is 1. The Morgan fingerprint density at radius 2 is 1.83 bits per heavy atom. The van der Waals surface area contributed by atoms with Crippen molar-refractivity contribution in [2.24, 2.45) is 0 Å². The summed E-state index contributed by atoms with van der Waals surface area (Å²) in [6.45, 7) is -0.0849. The maximum atomic E-state index is 12.1. The number of sulfonamides is 1. The third kappa shape index (κ3) is 4.27. The molecule has 0 aromatic heterocycles. The average molecular weight is 388 g/mol. The summed E-state index contributed by atoms with van der Waals surface area (Å²) in [4.78, 5) is 12.2. The predicted molar refractivity (Wildman–Crippen MR) is 92.9 cm³/mol. The number of hydrogen-bond donors (Lipinski definition) is 0. The van der Waals surface area contributed by atoms with Gasteiger partial charge in [-0.15, -0.1) is 0 Å². The number of rotatable bonds is 5. The Morgan fingerprint density at radius 1 is 1.12 bits per heavy atom. The third-order valence-electron chi connectivity index (χ3n) is 3.20. The first-order chi connectivity index (χ1) is 11.2. The van der Waals surface area contributed by atoms with E-state index in [1.54, 1.807) is 18.2 Å². The largest absolute Gasteiger partial charge is 0.457 e. The minimum atomic E-state index is -3.55. The lowest BCUT2D eigenvalue weighted by atomic mass is 10.2. The Kier molecular flexibility index (Phi) is 5.87. The van der Waals surface area contributed by atoms with Crippen LogP contribution in [-0.2, 0) is 21.4 Å². The second-order valence-electron chi connectivity index (χ2n) is 5.14. The molecule has 0 aliphatic carbocycles. The molecule has 2 aromatic rings. The van der Waals surface area contributed by atoms with Crippen molar-refractivity contribution in [3.8, 4) is 0 Å². The van der Waals surface area contributed by atoms with Crippen LogP contribution >= 0.6 is 23.2 Å². The number of halogens is 2. The monoisotopic (exact) mass is 387 g/mol. The topological polar surface area (TPSA) is 63.7 Å². The van der Waals surface area contributed by atoms with Crippen LogP contribution < -0.4 is 0 Å². The fourth-order valence-electron chi connectivity index (χ4n) is 1.89. The first-order valence-corrected chi connectivity index (χ1v) is 9.05. The average Bonchev–Trinajstić information content (AvgIpc) is 2.55. The lowest BCUT2D eigenvalue weighted by Crippen LogP contribution is -2.22. The van der Waals surface area contributed by atoms with Gasteiger partial charge in [0.25, 0.3) is 0 Å². The van der Waals surface area contributed by atoms with Gasteiger partial charge in [0.15, 0.2) is 0 Å². The molecular formula is C16H15Cl2NO4S. The van der Waals surface area contributed by atoms with Gasteiger partial charge in [0, 0.05) is 19.1 Å². The molecule has 0 aliphatic heterocycles. The predicted octanol–water partition coefficient (Wildman–Crippen LogP) is 3.60. The standard InChI is InChI=1S/C16H15Cl2NO4S/c1-19(2)24(21,22)13-5-3-4-11(8-13)10-23-16(20)14-9-12(17)6-7-15(14)18/h3-9H,10H2,1-2H3. The highest BCUT2D eigenvalue weighted by Crippen LogP contribution is 2.22. The van der Waals surface area contributed by atoms with Crippen LogP contribution in [0, 0.1) is 0 Å². The Bertz CT molecular complexity index is 866. The molecule has 0 bridgehead atoms. The molecule has 0 saturated heterocycles. The van der Waals surface area contributed by atoms with Crippen molar-refractivity contribution in [2.75, 3.05) is 14.1 Å². The van der Waals surface area contributed by atoms with E-state index in [2.05, 4.69) is 0 Å². The van der Waals surface area contributed by atoms with E-state index in [1.165, 1.54) is 38.4 Å². The van der Waals surface area contributed by atoms with Crippen LogP contribution in [0.5, 0.6) is 0 Å². The Balaban J connectivity index is 2.15. The van der Waals surface area contributed by atoms with E-state index in [0.717, 1.165) is 4.31 Å². The number of hydrogen-bond acceptors (Lipinski definition) is 4. The van der Waals surface area contributed by atoms with E-state index in [1.807, 2.05) is 0 Å². The maximum absolute atomic E-state index is 12.1. The van der Waals surface area contributed by atoms with Gasteiger partial charge < -0.3 is 4.74 Å². The van der Waals surface area contributed by atoms with E-state index in [-0.39, 0.29) is 22.1 Å². The van der Waals surface area contributed by atoms with Crippen LogP contribution in [0.3, 0.4) is 0 Å². The molecule has 24 heavy (non-hydrogen) atoms. The molecule has 0 unspecified atom stereocenters. The molecule has 0 spiro atoms. The highest BCUT2D eigenvalue weighted by Gasteiger charge is 2.18. The van der Waals surface area contributed by atoms with Crippen molar-refractivity contribution in [1.29, 1.82) is 0 Å². The molecule has 2 rings (SSSR count). The summed E-state index contributed by atoms with van der Waals surface area (Å²) in [5.41, 5.74) is 0.700. The van der Waals surface area contributed by atoms with Gasteiger partial charge in [-0.25, -0.2) is 17.5 Å². The van der Waals surface area contributed by atoms with Gasteiger partial charge in [-0.1, -0.05) is 35.3 Å². The Morgan fingerprint density at radius 3 is 2.50 bits per heavy atom. The van der Waals surface area contributed by atoms with E-state index in [9.17, 15) is 13.2 Å². The number of carbonyl (C=O) groups excluding carboxylic acids is 1. The van der Waals surface area contributed by atoms with E-state index in [4.69, 9.17) is 27.9 Å². The van der Waals surface area contributed by atoms with Gasteiger partial charge in [0.05, 0.1) is 15.5 Å². The molecule has 0 heterocycles. The van der Waals surface area contributed by atoms with Crippen LogP contribution in [0.15, 0.2) is 47.4 Å². The number of benzene rings is 2. The molecule has 8 heteroatoms. The first-order valence-electron chi connectivity index (χ1n) is 6.85. The third-order valence-corrected chi connectivity index (χ3v) is 5.57. The lowest BCUT2D eigenvalue weighted by Gasteiger charge is -2.12. The van der Waals surface area contributed by atoms with E-state index in [0.29, 0.717) is 10.6 Å². The maximum Gasteiger partial charge on any atom is 0.340 e. The van der Waals surface area contributed by atoms with Crippen molar-refractivity contribution >= 4 is 39.2 Å². The fourth-order valence-corrected chi connectivity index (χ4v) is 3.23. The molecule has 0 aliphatic rings. The van der Waals surface area contributed by atoms with E-state index >= 15 is 0 Å². The van der Waals surface area contributed by atoms with Crippen LogP contribution in [-0.4, -0.2) is 32.8 Å². The van der Waals surface area contributed by atoms with Crippen LogP contribution in [0.1, 0.15) is 15.9 Å². The molecule has 128 valence electrons. The molecule has 0 atom stereocenters. The summed E-state index contributed by atoms with van der Waals surface area (Å²) in [6, 6.07) is 10.7. The van der Waals surface area contributed by atoms with Crippen molar-refractivity contribution in [1.82, 2.24) is 4.31 Å². The fraction of sp³-hybridized carbons (Fsp3) is 0.188. The van der Waals surface area contributed by atoms with Crippen LogP contribution in [0.4, 0.5) is 0 Å². The number of ether oxygens (including phenoxy) is 1. The van der Waals surface area contributed by atoms with E-state index < -0.39 is 16.0 Å². The lowest BCUT2D eigenvalue weighted by molar-refractivity contribution is 0.0472. The molecule has 0 saturated carbocycles. The van der Waals surface area contributed by atoms with Crippen molar-refractivity contribution < 1.29 is 17.9 Å². The zero-order valence-electron chi connectivity index (χ0n) is 13.0. The zero-order chi connectivity index (χ0) is 17.9.